The van der Waals surface area contributed by atoms with Crippen LogP contribution in [0.1, 0.15) is 0 Å². The van der Waals surface area contributed by atoms with Gasteiger partial charge in [0.05, 0.1) is 0 Å². The molecule has 0 amide bonds. The third-order valence-electron chi connectivity index (χ3n) is 3.19. The lowest BCUT2D eigenvalue weighted by Crippen LogP contribution is -2.48. The predicted octanol–water partition coefficient (Wildman–Crippen LogP) is 5.90. The van der Waals surface area contributed by atoms with Crippen molar-refractivity contribution in [3.05, 3.63) is 60.2 Å². The molecule has 0 fully saturated rings. The van der Waals surface area contributed by atoms with Crippen LogP contribution >= 0.6 is 0 Å². The molecule has 0 aromatic heterocycles. The van der Waals surface area contributed by atoms with Gasteiger partial charge in [-0.1, -0.05) is 48.5 Å². The van der Waals surface area contributed by atoms with Gasteiger partial charge in [-0.15, -0.1) is 0 Å². The summed E-state index contributed by atoms with van der Waals surface area (Å²) < 4.78 is 95.6. The maximum absolute atomic E-state index is 12.0. The maximum atomic E-state index is 12.0. The SMILES string of the molecule is FC1=C(F)C(F)(F)C(F)(F)C1(F)F.c1ccc2ccccc2c1. The first kappa shape index (κ1) is 17.2. The molecule has 1 aliphatic carbocycles. The van der Waals surface area contributed by atoms with Crippen molar-refractivity contribution in [3.8, 4) is 0 Å². The van der Waals surface area contributed by atoms with E-state index in [1.807, 2.05) is 0 Å². The zero-order valence-electron chi connectivity index (χ0n) is 11.1. The molecule has 0 saturated carbocycles. The molecule has 2 aromatic carbocycles. The van der Waals surface area contributed by atoms with E-state index in [1.54, 1.807) is 0 Å². The Morgan fingerprint density at radius 1 is 0.522 bits per heavy atom. The molecule has 0 N–H and O–H groups in total. The molecule has 0 saturated heterocycles. The van der Waals surface area contributed by atoms with E-state index in [0.717, 1.165) is 0 Å². The van der Waals surface area contributed by atoms with Crippen molar-refractivity contribution in [2.75, 3.05) is 0 Å². The van der Waals surface area contributed by atoms with Crippen LogP contribution in [0.5, 0.6) is 0 Å². The molecule has 0 heterocycles. The van der Waals surface area contributed by atoms with Crippen molar-refractivity contribution in [1.82, 2.24) is 0 Å². The van der Waals surface area contributed by atoms with E-state index in [4.69, 9.17) is 0 Å². The van der Waals surface area contributed by atoms with E-state index in [9.17, 15) is 35.1 Å². The second kappa shape index (κ2) is 5.50. The molecule has 0 atom stereocenters. The highest BCUT2D eigenvalue weighted by molar-refractivity contribution is 5.81. The summed E-state index contributed by atoms with van der Waals surface area (Å²) in [7, 11) is 0. The number of benzene rings is 2. The molecule has 2 aromatic rings. The van der Waals surface area contributed by atoms with E-state index < -0.39 is 29.4 Å². The molecule has 8 heteroatoms. The third-order valence-corrected chi connectivity index (χ3v) is 3.19. The molecule has 0 nitrogen and oxygen atoms in total. The molecular formula is C15H8F8. The fourth-order valence-corrected chi connectivity index (χ4v) is 1.88. The normalized spacial score (nSPS) is 21.0. The van der Waals surface area contributed by atoms with E-state index in [2.05, 4.69) is 48.5 Å². The largest absolute Gasteiger partial charge is 0.385 e. The van der Waals surface area contributed by atoms with Crippen LogP contribution in [0.3, 0.4) is 0 Å². The Labute approximate surface area is 125 Å². The van der Waals surface area contributed by atoms with Crippen molar-refractivity contribution < 1.29 is 35.1 Å². The smallest absolute Gasteiger partial charge is 0.202 e. The minimum atomic E-state index is -6.06. The zero-order valence-corrected chi connectivity index (χ0v) is 11.1. The summed E-state index contributed by atoms with van der Waals surface area (Å²) in [6.45, 7) is 0. The van der Waals surface area contributed by atoms with Crippen molar-refractivity contribution in [3.63, 3.8) is 0 Å². The van der Waals surface area contributed by atoms with Crippen molar-refractivity contribution in [2.24, 2.45) is 0 Å². The van der Waals surface area contributed by atoms with Gasteiger partial charge in [-0.05, 0) is 10.8 Å². The van der Waals surface area contributed by atoms with Gasteiger partial charge in [0, 0.05) is 0 Å². The predicted molar refractivity (Wildman–Crippen MR) is 68.0 cm³/mol. The lowest BCUT2D eigenvalue weighted by Gasteiger charge is -2.22. The first-order valence-corrected chi connectivity index (χ1v) is 6.17. The minimum absolute atomic E-state index is 1.31. The third kappa shape index (κ3) is 2.55. The van der Waals surface area contributed by atoms with Gasteiger partial charge in [0.25, 0.3) is 0 Å². The molecule has 1 aliphatic rings. The molecule has 0 radical (unpaired) electrons. The van der Waals surface area contributed by atoms with Crippen LogP contribution in [-0.2, 0) is 0 Å². The summed E-state index contributed by atoms with van der Waals surface area (Å²) in [5.74, 6) is -24.5. The zero-order chi connectivity index (χ0) is 17.5. The van der Waals surface area contributed by atoms with E-state index in [-0.39, 0.29) is 0 Å². The summed E-state index contributed by atoms with van der Waals surface area (Å²) in [5.41, 5.74) is 0. The Balaban J connectivity index is 0.000000172. The highest BCUT2D eigenvalue weighted by Crippen LogP contribution is 2.59. The molecule has 0 unspecified atom stereocenters. The summed E-state index contributed by atoms with van der Waals surface area (Å²) >= 11 is 0. The Kier molecular flexibility index (Phi) is 4.13. The van der Waals surface area contributed by atoms with Gasteiger partial charge in [-0.3, -0.25) is 0 Å². The highest BCUT2D eigenvalue weighted by atomic mass is 19.4. The quantitative estimate of drug-likeness (QED) is 0.524. The lowest BCUT2D eigenvalue weighted by atomic mass is 10.1. The van der Waals surface area contributed by atoms with E-state index in [0.29, 0.717) is 0 Å². The second-order valence-electron chi connectivity index (χ2n) is 4.70. The van der Waals surface area contributed by atoms with Crippen molar-refractivity contribution in [1.29, 1.82) is 0 Å². The fourth-order valence-electron chi connectivity index (χ4n) is 1.88. The van der Waals surface area contributed by atoms with Gasteiger partial charge in [0.2, 0.25) is 11.7 Å². The molecule has 0 spiro atoms. The first-order valence-electron chi connectivity index (χ1n) is 6.17. The number of allylic oxidation sites excluding steroid dienone is 2. The number of hydrogen-bond acceptors (Lipinski definition) is 0. The summed E-state index contributed by atoms with van der Waals surface area (Å²) in [4.78, 5) is 0. The number of hydrogen-bond donors (Lipinski definition) is 0. The Morgan fingerprint density at radius 2 is 0.783 bits per heavy atom. The number of halogens is 8. The summed E-state index contributed by atoms with van der Waals surface area (Å²) in [5, 5.41) is 2.62. The number of rotatable bonds is 0. The van der Waals surface area contributed by atoms with Crippen LogP contribution in [0.2, 0.25) is 0 Å². The average molecular weight is 340 g/mol. The van der Waals surface area contributed by atoms with Gasteiger partial charge in [-0.2, -0.15) is 26.3 Å². The molecule has 0 aliphatic heterocycles. The van der Waals surface area contributed by atoms with Crippen LogP contribution in [0.4, 0.5) is 35.1 Å². The van der Waals surface area contributed by atoms with Crippen LogP contribution in [0.25, 0.3) is 10.8 Å². The van der Waals surface area contributed by atoms with E-state index in [1.165, 1.54) is 10.8 Å². The number of fused-ring (bicyclic) bond motifs is 1. The molecule has 23 heavy (non-hydrogen) atoms. The lowest BCUT2D eigenvalue weighted by molar-refractivity contribution is -0.271. The van der Waals surface area contributed by atoms with Gasteiger partial charge in [-0.25, -0.2) is 8.78 Å². The topological polar surface area (TPSA) is 0 Å². The molecular weight excluding hydrogens is 332 g/mol. The van der Waals surface area contributed by atoms with Crippen LogP contribution in [0, 0.1) is 0 Å². The monoisotopic (exact) mass is 340 g/mol. The summed E-state index contributed by atoms with van der Waals surface area (Å²) in [6, 6.07) is 16.7. The maximum Gasteiger partial charge on any atom is 0.385 e. The molecule has 3 rings (SSSR count). The highest BCUT2D eigenvalue weighted by Gasteiger charge is 2.82. The van der Waals surface area contributed by atoms with Crippen LogP contribution in [-0.4, -0.2) is 17.8 Å². The van der Waals surface area contributed by atoms with Gasteiger partial charge in [0.15, 0.2) is 0 Å². The Bertz CT molecular complexity index is 656. The Morgan fingerprint density at radius 3 is 0.957 bits per heavy atom. The van der Waals surface area contributed by atoms with Crippen LogP contribution < -0.4 is 0 Å². The van der Waals surface area contributed by atoms with E-state index >= 15 is 0 Å². The Hall–Kier alpha value is -2.12. The van der Waals surface area contributed by atoms with Gasteiger partial charge >= 0.3 is 17.8 Å². The standard InChI is InChI=1S/C10H8.C5F8/c1-2-6-10-8-4-3-7-9(10)5-1;6-1-2(7)4(10,11)5(12,13)3(1,8)9/h1-8H;. The molecule has 0 bridgehead atoms. The van der Waals surface area contributed by atoms with Crippen molar-refractivity contribution >= 4 is 10.8 Å². The van der Waals surface area contributed by atoms with Crippen molar-refractivity contribution in [2.45, 2.75) is 17.8 Å². The molecule has 124 valence electrons. The van der Waals surface area contributed by atoms with Gasteiger partial charge < -0.3 is 0 Å². The van der Waals surface area contributed by atoms with Gasteiger partial charge in [0.1, 0.15) is 0 Å². The second-order valence-corrected chi connectivity index (χ2v) is 4.70. The number of alkyl halides is 6. The summed E-state index contributed by atoms with van der Waals surface area (Å²) in [6.07, 6.45) is 0. The minimum Gasteiger partial charge on any atom is -0.202 e. The average Bonchev–Trinajstić information content (AvgIpc) is 2.60. The fraction of sp³-hybridized carbons (Fsp3) is 0.200. The van der Waals surface area contributed by atoms with Crippen LogP contribution in [0.15, 0.2) is 60.2 Å². The first-order chi connectivity index (χ1) is 10.5.